The number of hydrogen-bond acceptors (Lipinski definition) is 4. The lowest BCUT2D eigenvalue weighted by Gasteiger charge is -2.04. The van der Waals surface area contributed by atoms with Crippen molar-refractivity contribution >= 4 is 17.2 Å². The summed E-state index contributed by atoms with van der Waals surface area (Å²) in [6.45, 7) is 0.525. The number of nitriles is 1. The summed E-state index contributed by atoms with van der Waals surface area (Å²) in [7, 11) is 0. The summed E-state index contributed by atoms with van der Waals surface area (Å²) in [5.74, 6) is -0.141. The van der Waals surface area contributed by atoms with E-state index in [0.29, 0.717) is 24.1 Å². The predicted molar refractivity (Wildman–Crippen MR) is 94.7 cm³/mol. The number of benzene rings is 2. The molecule has 0 aliphatic carbocycles. The van der Waals surface area contributed by atoms with Crippen LogP contribution < -0.4 is 5.32 Å². The van der Waals surface area contributed by atoms with Crippen molar-refractivity contribution in [3.8, 4) is 16.6 Å². The van der Waals surface area contributed by atoms with E-state index in [1.807, 2.05) is 41.8 Å². The largest absolute Gasteiger partial charge is 0.352 e. The van der Waals surface area contributed by atoms with Crippen molar-refractivity contribution in [2.75, 3.05) is 6.54 Å². The van der Waals surface area contributed by atoms with E-state index >= 15 is 0 Å². The molecule has 1 amide bonds. The molecule has 0 radical (unpaired) electrons. The van der Waals surface area contributed by atoms with E-state index in [1.54, 1.807) is 35.6 Å². The van der Waals surface area contributed by atoms with Crippen LogP contribution in [0.3, 0.4) is 0 Å². The van der Waals surface area contributed by atoms with Gasteiger partial charge in [-0.1, -0.05) is 30.3 Å². The summed E-state index contributed by atoms with van der Waals surface area (Å²) in [5, 5.41) is 14.7. The molecule has 118 valence electrons. The van der Waals surface area contributed by atoms with Crippen molar-refractivity contribution < 1.29 is 4.79 Å². The fraction of sp³-hybridized carbons (Fsp3) is 0.105. The number of nitrogens with one attached hydrogen (secondary N) is 1. The molecule has 2 aromatic carbocycles. The third-order valence-electron chi connectivity index (χ3n) is 3.52. The van der Waals surface area contributed by atoms with Crippen molar-refractivity contribution in [3.05, 3.63) is 76.8 Å². The summed E-state index contributed by atoms with van der Waals surface area (Å²) in [6.07, 6.45) is 0.686. The van der Waals surface area contributed by atoms with E-state index < -0.39 is 0 Å². The second-order valence-corrected chi connectivity index (χ2v) is 6.06. The number of rotatable bonds is 5. The SMILES string of the molecule is N#Cc1ccc(C(=O)NCCc2csc(-c3ccccc3)n2)cc1. The molecule has 0 saturated heterocycles. The maximum Gasteiger partial charge on any atom is 0.251 e. The van der Waals surface area contributed by atoms with Crippen molar-refractivity contribution in [3.63, 3.8) is 0 Å². The lowest BCUT2D eigenvalue weighted by Crippen LogP contribution is -2.25. The first-order valence-electron chi connectivity index (χ1n) is 7.54. The van der Waals surface area contributed by atoms with Gasteiger partial charge in [-0.2, -0.15) is 5.26 Å². The molecular formula is C19H15N3OS. The van der Waals surface area contributed by atoms with Gasteiger partial charge in [-0.25, -0.2) is 4.98 Å². The molecule has 0 aliphatic heterocycles. The lowest BCUT2D eigenvalue weighted by atomic mass is 10.1. The van der Waals surface area contributed by atoms with Crippen LogP contribution in [-0.2, 0) is 6.42 Å². The van der Waals surface area contributed by atoms with E-state index in [0.717, 1.165) is 16.3 Å². The smallest absolute Gasteiger partial charge is 0.251 e. The van der Waals surface area contributed by atoms with Crippen LogP contribution in [0.4, 0.5) is 0 Å². The highest BCUT2D eigenvalue weighted by Crippen LogP contribution is 2.23. The average molecular weight is 333 g/mol. The molecule has 0 fully saturated rings. The molecule has 5 heteroatoms. The first-order chi connectivity index (χ1) is 11.8. The van der Waals surface area contributed by atoms with Crippen LogP contribution >= 0.6 is 11.3 Å². The minimum atomic E-state index is -0.141. The molecule has 1 heterocycles. The van der Waals surface area contributed by atoms with Gasteiger partial charge < -0.3 is 5.32 Å². The van der Waals surface area contributed by atoms with E-state index in [1.165, 1.54) is 0 Å². The Bertz CT molecular complexity index is 864. The van der Waals surface area contributed by atoms with Crippen molar-refractivity contribution in [1.29, 1.82) is 5.26 Å². The summed E-state index contributed by atoms with van der Waals surface area (Å²) in [5.41, 5.74) is 3.18. The third-order valence-corrected chi connectivity index (χ3v) is 4.46. The van der Waals surface area contributed by atoms with Crippen LogP contribution in [-0.4, -0.2) is 17.4 Å². The fourth-order valence-electron chi connectivity index (χ4n) is 2.24. The molecular weight excluding hydrogens is 318 g/mol. The number of thiazole rings is 1. The number of amides is 1. The van der Waals surface area contributed by atoms with Crippen LogP contribution in [0.25, 0.3) is 10.6 Å². The number of aromatic nitrogens is 1. The Kier molecular flexibility index (Phi) is 4.99. The maximum absolute atomic E-state index is 12.0. The molecule has 0 atom stereocenters. The Balaban J connectivity index is 1.54. The molecule has 0 spiro atoms. The Hall–Kier alpha value is -2.97. The zero-order valence-corrected chi connectivity index (χ0v) is 13.7. The minimum Gasteiger partial charge on any atom is -0.352 e. The topological polar surface area (TPSA) is 65.8 Å². The maximum atomic E-state index is 12.0. The van der Waals surface area contributed by atoms with Gasteiger partial charge in [0.15, 0.2) is 0 Å². The Morgan fingerprint density at radius 3 is 2.58 bits per heavy atom. The van der Waals surface area contributed by atoms with Gasteiger partial charge in [0.25, 0.3) is 5.91 Å². The minimum absolute atomic E-state index is 0.141. The summed E-state index contributed by atoms with van der Waals surface area (Å²) < 4.78 is 0. The molecule has 24 heavy (non-hydrogen) atoms. The normalized spacial score (nSPS) is 10.1. The van der Waals surface area contributed by atoms with Crippen LogP contribution in [0, 0.1) is 11.3 Å². The zero-order valence-electron chi connectivity index (χ0n) is 12.9. The average Bonchev–Trinajstić information content (AvgIpc) is 3.11. The van der Waals surface area contributed by atoms with Crippen LogP contribution in [0.5, 0.6) is 0 Å². The zero-order chi connectivity index (χ0) is 16.8. The third kappa shape index (κ3) is 3.86. The molecule has 3 aromatic rings. The van der Waals surface area contributed by atoms with Gasteiger partial charge in [-0.15, -0.1) is 11.3 Å². The molecule has 0 unspecified atom stereocenters. The van der Waals surface area contributed by atoms with E-state index in [2.05, 4.69) is 10.3 Å². The van der Waals surface area contributed by atoms with E-state index in [9.17, 15) is 4.79 Å². The van der Waals surface area contributed by atoms with Gasteiger partial charge in [0.1, 0.15) is 5.01 Å². The quantitative estimate of drug-likeness (QED) is 0.775. The highest BCUT2D eigenvalue weighted by atomic mass is 32.1. The number of carbonyl (C=O) groups excluding carboxylic acids is 1. The van der Waals surface area contributed by atoms with Gasteiger partial charge in [0.2, 0.25) is 0 Å². The molecule has 0 bridgehead atoms. The molecule has 4 nitrogen and oxygen atoms in total. The van der Waals surface area contributed by atoms with E-state index in [4.69, 9.17) is 5.26 Å². The monoisotopic (exact) mass is 333 g/mol. The van der Waals surface area contributed by atoms with Gasteiger partial charge in [0.05, 0.1) is 17.3 Å². The summed E-state index contributed by atoms with van der Waals surface area (Å²) in [4.78, 5) is 16.7. The molecule has 1 N–H and O–H groups in total. The van der Waals surface area contributed by atoms with Crippen LogP contribution in [0.2, 0.25) is 0 Å². The number of hydrogen-bond donors (Lipinski definition) is 1. The van der Waals surface area contributed by atoms with Gasteiger partial charge in [0, 0.05) is 29.5 Å². The summed E-state index contributed by atoms with van der Waals surface area (Å²) >= 11 is 1.61. The van der Waals surface area contributed by atoms with Crippen LogP contribution in [0.15, 0.2) is 60.0 Å². The van der Waals surface area contributed by atoms with Gasteiger partial charge in [-0.05, 0) is 24.3 Å². The van der Waals surface area contributed by atoms with Crippen molar-refractivity contribution in [1.82, 2.24) is 10.3 Å². The first kappa shape index (κ1) is 15.9. The standard InChI is InChI=1S/C19H15N3OS/c20-12-14-6-8-15(9-7-14)18(23)21-11-10-17-13-24-19(22-17)16-4-2-1-3-5-16/h1-9,13H,10-11H2,(H,21,23). The highest BCUT2D eigenvalue weighted by molar-refractivity contribution is 7.13. The lowest BCUT2D eigenvalue weighted by molar-refractivity contribution is 0.0954. The van der Waals surface area contributed by atoms with Gasteiger partial charge >= 0.3 is 0 Å². The predicted octanol–water partition coefficient (Wildman–Crippen LogP) is 3.65. The Morgan fingerprint density at radius 1 is 1.12 bits per heavy atom. The molecule has 0 saturated carbocycles. The number of carbonyl (C=O) groups is 1. The second kappa shape index (κ2) is 7.53. The first-order valence-corrected chi connectivity index (χ1v) is 8.42. The Labute approximate surface area is 144 Å². The molecule has 0 aliphatic rings. The van der Waals surface area contributed by atoms with Crippen molar-refractivity contribution in [2.24, 2.45) is 0 Å². The Morgan fingerprint density at radius 2 is 1.88 bits per heavy atom. The highest BCUT2D eigenvalue weighted by Gasteiger charge is 2.07. The number of nitrogens with zero attached hydrogens (tertiary/aromatic N) is 2. The fourth-order valence-corrected chi connectivity index (χ4v) is 3.10. The van der Waals surface area contributed by atoms with Crippen molar-refractivity contribution in [2.45, 2.75) is 6.42 Å². The molecule has 1 aromatic heterocycles. The second-order valence-electron chi connectivity index (χ2n) is 5.21. The summed E-state index contributed by atoms with van der Waals surface area (Å²) in [6, 6.07) is 18.7. The molecule has 3 rings (SSSR count). The van der Waals surface area contributed by atoms with Crippen LogP contribution in [0.1, 0.15) is 21.6 Å². The van der Waals surface area contributed by atoms with Gasteiger partial charge in [-0.3, -0.25) is 4.79 Å². The van der Waals surface area contributed by atoms with E-state index in [-0.39, 0.29) is 5.91 Å².